The lowest BCUT2D eigenvalue weighted by atomic mass is 9.90. The predicted molar refractivity (Wildman–Crippen MR) is 263 cm³/mol. The average molecular weight is 873 g/mol. The third-order valence-corrected chi connectivity index (χ3v) is 14.3. The van der Waals surface area contributed by atoms with Gasteiger partial charge in [-0.3, -0.25) is 9.59 Å². The molecule has 0 radical (unpaired) electrons. The van der Waals surface area contributed by atoms with E-state index in [4.69, 9.17) is 9.47 Å². The number of nitrogens with one attached hydrogen (secondary N) is 4. The molecule has 64 heavy (non-hydrogen) atoms. The number of methoxy groups -OCH3 is 1. The zero-order valence-electron chi connectivity index (χ0n) is 40.8. The SMILES string of the molecule is C=Cc1c2[nH]c(c1C)/C=C1\NC(=C(CCC(=O)OC/C=C(\C)CCC[C@H](C)CCC[C@H](C)CCCC(C)C)[C@@H]1C)C1=c3[nH]c(c(C)c3=C(O)[C@@H]1C(=O)OC)/C=c1\[nH]/c(c(C)c1CC)=C/2. The molecule has 0 aromatic carbocycles. The Morgan fingerprint density at radius 2 is 1.50 bits per heavy atom. The number of aliphatic hydroxyl groups is 1. The molecule has 0 fully saturated rings. The highest BCUT2D eigenvalue weighted by molar-refractivity contribution is 5.99. The monoisotopic (exact) mass is 873 g/mol. The van der Waals surface area contributed by atoms with Gasteiger partial charge in [0, 0.05) is 67.9 Å². The van der Waals surface area contributed by atoms with E-state index < -0.39 is 11.9 Å². The van der Waals surface area contributed by atoms with Crippen molar-refractivity contribution in [3.8, 4) is 0 Å². The molecule has 0 amide bonds. The summed E-state index contributed by atoms with van der Waals surface area (Å²) in [5.41, 5.74) is 12.4. The van der Waals surface area contributed by atoms with Gasteiger partial charge in [0.2, 0.25) is 0 Å². The number of esters is 2. The largest absolute Gasteiger partial charge is 0.510 e. The third kappa shape index (κ3) is 10.5. The van der Waals surface area contributed by atoms with Crippen molar-refractivity contribution >= 4 is 47.6 Å². The zero-order valence-corrected chi connectivity index (χ0v) is 40.8. The van der Waals surface area contributed by atoms with Crippen molar-refractivity contribution < 1.29 is 24.2 Å². The number of aliphatic hydroxyl groups excluding tert-OH is 1. The molecule has 4 atom stereocenters. The van der Waals surface area contributed by atoms with Crippen LogP contribution in [-0.4, -0.2) is 45.7 Å². The Labute approximate surface area is 381 Å². The van der Waals surface area contributed by atoms with Crippen LogP contribution in [0.3, 0.4) is 0 Å². The molecule has 9 heteroatoms. The Morgan fingerprint density at radius 1 is 0.844 bits per heavy atom. The van der Waals surface area contributed by atoms with Crippen LogP contribution in [0.5, 0.6) is 0 Å². The van der Waals surface area contributed by atoms with Gasteiger partial charge in [-0.15, -0.1) is 0 Å². The van der Waals surface area contributed by atoms with Gasteiger partial charge in [0.05, 0.1) is 12.5 Å². The Hall–Kier alpha value is -5.18. The highest BCUT2D eigenvalue weighted by Crippen LogP contribution is 2.41. The van der Waals surface area contributed by atoms with Gasteiger partial charge in [-0.2, -0.15) is 0 Å². The van der Waals surface area contributed by atoms with Gasteiger partial charge in [0.25, 0.3) is 0 Å². The van der Waals surface area contributed by atoms with Gasteiger partial charge < -0.3 is 34.8 Å². The maximum atomic E-state index is 13.7. The number of ether oxygens (including phenoxy) is 2. The Kier molecular flexibility index (Phi) is 16.0. The van der Waals surface area contributed by atoms with Crippen LogP contribution in [0.25, 0.3) is 35.6 Å². The molecule has 3 aromatic rings. The van der Waals surface area contributed by atoms with E-state index in [2.05, 4.69) is 107 Å². The molecule has 3 aromatic heterocycles. The number of allylic oxidation sites excluding steroid dienone is 3. The smallest absolute Gasteiger partial charge is 0.321 e. The van der Waals surface area contributed by atoms with Gasteiger partial charge in [-0.1, -0.05) is 105 Å². The lowest BCUT2D eigenvalue weighted by Gasteiger charge is -2.17. The summed E-state index contributed by atoms with van der Waals surface area (Å²) in [5.74, 6) is 0.256. The van der Waals surface area contributed by atoms with Crippen LogP contribution in [0.1, 0.15) is 164 Å². The molecule has 9 nitrogen and oxygen atoms in total. The maximum Gasteiger partial charge on any atom is 0.321 e. The summed E-state index contributed by atoms with van der Waals surface area (Å²) >= 11 is 0. The Bertz CT molecular complexity index is 2590. The number of aromatic amines is 3. The molecule has 3 aliphatic rings. The van der Waals surface area contributed by atoms with Gasteiger partial charge >= 0.3 is 11.9 Å². The molecule has 2 aliphatic heterocycles. The number of H-pyrrole nitrogens is 3. The lowest BCUT2D eigenvalue weighted by Crippen LogP contribution is -2.26. The van der Waals surface area contributed by atoms with Crippen molar-refractivity contribution in [2.24, 2.45) is 29.6 Å². The molecule has 0 unspecified atom stereocenters. The first kappa shape index (κ1) is 48.3. The summed E-state index contributed by atoms with van der Waals surface area (Å²) < 4.78 is 11.1. The second-order valence-corrected chi connectivity index (χ2v) is 19.5. The summed E-state index contributed by atoms with van der Waals surface area (Å²) in [5, 5.41) is 18.9. The first-order chi connectivity index (χ1) is 30.6. The van der Waals surface area contributed by atoms with E-state index in [1.807, 2.05) is 19.1 Å². The van der Waals surface area contributed by atoms with Gasteiger partial charge in [0.1, 0.15) is 18.3 Å². The minimum absolute atomic E-state index is 0.0495. The quantitative estimate of drug-likeness (QED) is 0.0568. The molecule has 8 bridgehead atoms. The van der Waals surface area contributed by atoms with Gasteiger partial charge in [-0.25, -0.2) is 0 Å². The second-order valence-electron chi connectivity index (χ2n) is 19.5. The van der Waals surface area contributed by atoms with Crippen LogP contribution in [0.4, 0.5) is 0 Å². The minimum Gasteiger partial charge on any atom is -0.510 e. The van der Waals surface area contributed by atoms with Crippen LogP contribution >= 0.6 is 0 Å². The molecule has 6 rings (SSSR count). The summed E-state index contributed by atoms with van der Waals surface area (Å²) in [4.78, 5) is 38.1. The minimum atomic E-state index is -1.05. The fourth-order valence-corrected chi connectivity index (χ4v) is 10.2. The van der Waals surface area contributed by atoms with Crippen LogP contribution < -0.4 is 26.6 Å². The number of fused-ring (bicyclic) bond motifs is 8. The van der Waals surface area contributed by atoms with E-state index in [-0.39, 0.29) is 30.7 Å². The molecule has 5 N–H and O–H groups in total. The predicted octanol–water partition coefficient (Wildman–Crippen LogP) is 9.64. The summed E-state index contributed by atoms with van der Waals surface area (Å²) in [7, 11) is 1.35. The topological polar surface area (TPSA) is 132 Å². The Balaban J connectivity index is 1.23. The first-order valence-corrected chi connectivity index (χ1v) is 24.1. The molecular formula is C55H76N4O5. The lowest BCUT2D eigenvalue weighted by molar-refractivity contribution is -0.143. The fourth-order valence-electron chi connectivity index (χ4n) is 10.2. The van der Waals surface area contributed by atoms with E-state index in [9.17, 15) is 14.7 Å². The molecular weight excluding hydrogens is 797 g/mol. The number of rotatable bonds is 20. The van der Waals surface area contributed by atoms with Crippen molar-refractivity contribution in [3.05, 3.63) is 101 Å². The van der Waals surface area contributed by atoms with E-state index in [1.165, 1.54) is 63.2 Å². The van der Waals surface area contributed by atoms with Crippen molar-refractivity contribution in [1.29, 1.82) is 0 Å². The second kappa shape index (κ2) is 21.2. The molecule has 0 saturated heterocycles. The normalized spacial score (nSPS) is 19.8. The van der Waals surface area contributed by atoms with Crippen LogP contribution in [-0.2, 0) is 25.5 Å². The fraction of sp³-hybridized carbons (Fsp3) is 0.527. The first-order valence-electron chi connectivity index (χ1n) is 24.1. The number of carbonyl (C=O) groups excluding carboxylic acids is 2. The Morgan fingerprint density at radius 3 is 2.16 bits per heavy atom. The average Bonchev–Trinajstić information content (AvgIpc) is 3.99. The van der Waals surface area contributed by atoms with Crippen molar-refractivity contribution in [1.82, 2.24) is 20.3 Å². The highest BCUT2D eigenvalue weighted by atomic mass is 16.5. The van der Waals surface area contributed by atoms with Crippen molar-refractivity contribution in [2.75, 3.05) is 13.7 Å². The van der Waals surface area contributed by atoms with Gasteiger partial charge in [0.15, 0.2) is 0 Å². The van der Waals surface area contributed by atoms with Crippen molar-refractivity contribution in [3.63, 3.8) is 0 Å². The number of aromatic nitrogens is 3. The van der Waals surface area contributed by atoms with E-state index in [0.717, 1.165) is 98.3 Å². The molecule has 0 spiro atoms. The highest BCUT2D eigenvalue weighted by Gasteiger charge is 2.41. The number of hydrogen-bond acceptors (Lipinski definition) is 6. The molecule has 1 aliphatic carbocycles. The number of hydrogen-bond donors (Lipinski definition) is 5. The van der Waals surface area contributed by atoms with Crippen LogP contribution in [0.2, 0.25) is 0 Å². The summed E-state index contributed by atoms with van der Waals surface area (Å²) in [6.07, 6.45) is 23.0. The van der Waals surface area contributed by atoms with E-state index in [1.54, 1.807) is 0 Å². The van der Waals surface area contributed by atoms with Crippen molar-refractivity contribution in [2.45, 2.75) is 146 Å². The molecule has 5 heterocycles. The third-order valence-electron chi connectivity index (χ3n) is 14.3. The zero-order chi connectivity index (χ0) is 46.4. The molecule has 0 saturated carbocycles. The van der Waals surface area contributed by atoms with Gasteiger partial charge in [-0.05, 0) is 123 Å². The van der Waals surface area contributed by atoms with Crippen LogP contribution in [0.15, 0.2) is 35.2 Å². The summed E-state index contributed by atoms with van der Waals surface area (Å²) in [6.45, 7) is 26.4. The van der Waals surface area contributed by atoms with E-state index >= 15 is 0 Å². The molecule has 346 valence electrons. The maximum absolute atomic E-state index is 13.7. The summed E-state index contributed by atoms with van der Waals surface area (Å²) in [6, 6.07) is 0. The number of carbonyl (C=O) groups is 2. The standard InChI is InChI=1S/C55H76N4O5/c1-13-39-35(8)42-28-44-37(10)41(24-25-48(60)64-27-26-34(7)23-17-22-33(6)21-16-20-32(5)19-15-18-31(3)4)52(58-44)50-51(55(62)63-12)54(61)49-38(11)45(59-53(49)50)30-47-40(14-2)36(9)43(57-47)29-46(39)56-42/h13,26,28-33,37,51,56-59,61H,1,14-25,27H2,2-12H3/b34-26+,43-29+,44-28-,47-30-/t32-,33-,37+,51-/m1/s1. The van der Waals surface area contributed by atoms with Crippen LogP contribution in [0, 0.1) is 50.4 Å². The van der Waals surface area contributed by atoms with E-state index in [0.29, 0.717) is 28.3 Å².